The van der Waals surface area contributed by atoms with Gasteiger partial charge in [0.25, 0.3) is 0 Å². The summed E-state index contributed by atoms with van der Waals surface area (Å²) in [5.74, 6) is 5.48. The molecule has 0 heterocycles. The summed E-state index contributed by atoms with van der Waals surface area (Å²) < 4.78 is 11.6. The molecular weight excluding hydrogens is 717 g/mol. The molecule has 2 aromatic rings. The largest absolute Gasteiger partial charge is 0.462 e. The van der Waals surface area contributed by atoms with Crippen LogP contribution >= 0.6 is 0 Å². The molecule has 0 amide bonds. The fraction of sp³-hybridized carbons (Fsp3) is 0.692. The molecule has 4 aliphatic rings. The normalized spacial score (nSPS) is 28.4. The molecule has 0 bridgehead atoms. The van der Waals surface area contributed by atoms with Crippen LogP contribution in [-0.2, 0) is 14.3 Å². The summed E-state index contributed by atoms with van der Waals surface area (Å²) in [7, 11) is 0. The van der Waals surface area contributed by atoms with Gasteiger partial charge >= 0.3 is 11.9 Å². The third-order valence-corrected chi connectivity index (χ3v) is 15.4. The predicted octanol–water partition coefficient (Wildman–Crippen LogP) is 15.3. The topological polar surface area (TPSA) is 77.3 Å². The maximum atomic E-state index is 12.9. The molecule has 0 N–H and O–H groups in total. The minimum atomic E-state index is -0.190. The molecule has 0 aromatic heterocycles. The fourth-order valence-electron chi connectivity index (χ4n) is 12.1. The van der Waals surface area contributed by atoms with Crippen molar-refractivity contribution in [3.63, 3.8) is 0 Å². The molecule has 0 radical (unpaired) electrons. The van der Waals surface area contributed by atoms with Crippen LogP contribution in [-0.4, -0.2) is 18.0 Å². The second kappa shape index (κ2) is 21.3. The van der Waals surface area contributed by atoms with Gasteiger partial charge in [-0.2, -0.15) is 10.2 Å². The molecule has 2 aromatic carbocycles. The molecule has 0 spiro atoms. The summed E-state index contributed by atoms with van der Waals surface area (Å²) in [6.45, 7) is 12.6. The van der Waals surface area contributed by atoms with E-state index in [4.69, 9.17) is 9.47 Å². The highest BCUT2D eigenvalue weighted by Gasteiger charge is 2.59. The highest BCUT2D eigenvalue weighted by Crippen LogP contribution is 2.67. The molecule has 3 fully saturated rings. The minimum Gasteiger partial charge on any atom is -0.462 e. The van der Waals surface area contributed by atoms with E-state index < -0.39 is 0 Å². The summed E-state index contributed by atoms with van der Waals surface area (Å²) >= 11 is 0. The lowest BCUT2D eigenvalue weighted by Crippen LogP contribution is -2.51. The van der Waals surface area contributed by atoms with Gasteiger partial charge in [-0.25, -0.2) is 0 Å². The Labute approximate surface area is 351 Å². The van der Waals surface area contributed by atoms with E-state index in [0.29, 0.717) is 35.1 Å². The maximum absolute atomic E-state index is 12.9. The van der Waals surface area contributed by atoms with Crippen molar-refractivity contribution in [2.24, 2.45) is 56.6 Å². The highest BCUT2D eigenvalue weighted by molar-refractivity contribution is 5.72. The van der Waals surface area contributed by atoms with Crippen molar-refractivity contribution in [2.75, 3.05) is 0 Å². The van der Waals surface area contributed by atoms with Gasteiger partial charge in [0.05, 0.1) is 11.4 Å². The maximum Gasteiger partial charge on any atom is 0.311 e. The average molecular weight is 793 g/mol. The Hall–Kier alpha value is -3.28. The van der Waals surface area contributed by atoms with E-state index in [0.717, 1.165) is 86.1 Å². The van der Waals surface area contributed by atoms with Crippen LogP contribution < -0.4 is 4.74 Å². The fourth-order valence-corrected chi connectivity index (χ4v) is 12.1. The van der Waals surface area contributed by atoms with Crippen LogP contribution in [0.1, 0.15) is 176 Å². The Bertz CT molecular complexity index is 1650. The molecule has 8 atom stereocenters. The first-order valence-corrected chi connectivity index (χ1v) is 23.7. The van der Waals surface area contributed by atoms with Crippen LogP contribution in [0.25, 0.3) is 0 Å². The van der Waals surface area contributed by atoms with Gasteiger partial charge in [-0.1, -0.05) is 129 Å². The van der Waals surface area contributed by atoms with Gasteiger partial charge < -0.3 is 9.47 Å². The third-order valence-electron chi connectivity index (χ3n) is 15.4. The lowest BCUT2D eigenvalue weighted by Gasteiger charge is -2.58. The number of rotatable bonds is 21. The van der Waals surface area contributed by atoms with Crippen molar-refractivity contribution in [3.8, 4) is 5.75 Å². The first-order valence-electron chi connectivity index (χ1n) is 23.7. The molecule has 0 unspecified atom stereocenters. The van der Waals surface area contributed by atoms with Crippen molar-refractivity contribution in [1.82, 2.24) is 0 Å². The number of benzene rings is 2. The first kappa shape index (κ1) is 44.3. The summed E-state index contributed by atoms with van der Waals surface area (Å²) in [5, 5.41) is 8.45. The smallest absolute Gasteiger partial charge is 0.311 e. The number of hydrogen-bond acceptors (Lipinski definition) is 6. The summed E-state index contributed by atoms with van der Waals surface area (Å²) in [6, 6.07) is 16.7. The molecule has 6 rings (SSSR count). The monoisotopic (exact) mass is 793 g/mol. The molecule has 0 saturated heterocycles. The molecule has 6 heteroatoms. The van der Waals surface area contributed by atoms with E-state index in [1.807, 2.05) is 30.3 Å². The average Bonchev–Trinajstić information content (AvgIpc) is 3.57. The molecule has 318 valence electrons. The Balaban J connectivity index is 0.794. The second-order valence-electron chi connectivity index (χ2n) is 19.8. The van der Waals surface area contributed by atoms with Crippen LogP contribution in [0.5, 0.6) is 5.75 Å². The molecule has 4 aliphatic carbocycles. The van der Waals surface area contributed by atoms with Crippen LogP contribution in [0.15, 0.2) is 76.5 Å². The lowest BCUT2D eigenvalue weighted by molar-refractivity contribution is -0.151. The SMILES string of the molecule is CC(C)CCC[C@@H](C)[C@H]1CC[C@H]2[C@@H]3CC=C4C[C@@H](OC(=O)CCCCCCCCCCCC(=O)Oc5ccc(N=Nc6ccccc6)cc5)CC[C@]4(C)[C@H]3CC[C@]12C. The van der Waals surface area contributed by atoms with E-state index in [1.54, 1.807) is 29.8 Å². The molecule has 6 nitrogen and oxygen atoms in total. The van der Waals surface area contributed by atoms with Crippen molar-refractivity contribution in [1.29, 1.82) is 0 Å². The third kappa shape index (κ3) is 11.7. The Morgan fingerprint density at radius 2 is 1.33 bits per heavy atom. The molecule has 58 heavy (non-hydrogen) atoms. The number of azo groups is 1. The molecular formula is C52H76N2O4. The van der Waals surface area contributed by atoms with E-state index in [9.17, 15) is 9.59 Å². The van der Waals surface area contributed by atoms with Crippen LogP contribution in [0.3, 0.4) is 0 Å². The zero-order valence-corrected chi connectivity index (χ0v) is 36.9. The van der Waals surface area contributed by atoms with Crippen LogP contribution in [0, 0.1) is 46.3 Å². The quantitative estimate of drug-likeness (QED) is 0.0415. The number of carbonyl (C=O) groups is 2. The van der Waals surface area contributed by atoms with Gasteiger partial charge in [0, 0.05) is 19.3 Å². The van der Waals surface area contributed by atoms with Gasteiger partial charge in [-0.3, -0.25) is 9.59 Å². The number of unbranched alkanes of at least 4 members (excludes halogenated alkanes) is 8. The van der Waals surface area contributed by atoms with Gasteiger partial charge in [-0.05, 0) is 141 Å². The number of hydrogen-bond donors (Lipinski definition) is 0. The standard InChI is InChI=1S/C52H76N2O4/c1-38(2)19-18-20-39(3)46-31-32-47-45-30-25-40-37-44(33-35-51(40,4)48(45)34-36-52(46,47)5)58-50(56)24-17-12-10-8-6-7-9-11-16-23-49(55)57-43-28-26-42(27-29-43)54-53-41-21-14-13-15-22-41/h13-15,21-22,25-29,38-39,44-48H,6-12,16-20,23-24,30-37H2,1-5H3/t39-,44+,45+,46-,47+,48+,51+,52-/m1/s1. The Morgan fingerprint density at radius 3 is 2.00 bits per heavy atom. The van der Waals surface area contributed by atoms with E-state index >= 15 is 0 Å². The summed E-state index contributed by atoms with van der Waals surface area (Å²) in [6.07, 6.45) is 27.8. The number of nitrogens with zero attached hydrogens (tertiary/aromatic N) is 2. The van der Waals surface area contributed by atoms with E-state index in [-0.39, 0.29) is 18.0 Å². The van der Waals surface area contributed by atoms with Gasteiger partial charge in [0.1, 0.15) is 11.9 Å². The number of allylic oxidation sites excluding steroid dienone is 1. The summed E-state index contributed by atoms with van der Waals surface area (Å²) in [5.41, 5.74) is 3.95. The molecule has 0 aliphatic heterocycles. The highest BCUT2D eigenvalue weighted by atomic mass is 16.5. The van der Waals surface area contributed by atoms with Gasteiger partial charge in [0.15, 0.2) is 0 Å². The predicted molar refractivity (Wildman–Crippen MR) is 236 cm³/mol. The summed E-state index contributed by atoms with van der Waals surface area (Å²) in [4.78, 5) is 25.2. The number of fused-ring (bicyclic) bond motifs is 5. The first-order chi connectivity index (χ1) is 28.0. The zero-order valence-electron chi connectivity index (χ0n) is 36.9. The van der Waals surface area contributed by atoms with Crippen LogP contribution in [0.2, 0.25) is 0 Å². The van der Waals surface area contributed by atoms with Crippen molar-refractivity contribution < 1.29 is 19.1 Å². The number of carbonyl (C=O) groups excluding carboxylic acids is 2. The van der Waals surface area contributed by atoms with Gasteiger partial charge in [0.2, 0.25) is 0 Å². The molecule has 3 saturated carbocycles. The second-order valence-corrected chi connectivity index (χ2v) is 19.8. The van der Waals surface area contributed by atoms with Gasteiger partial charge in [-0.15, -0.1) is 0 Å². The Morgan fingerprint density at radius 1 is 0.690 bits per heavy atom. The van der Waals surface area contributed by atoms with Crippen molar-refractivity contribution >= 4 is 23.3 Å². The van der Waals surface area contributed by atoms with Crippen LogP contribution in [0.4, 0.5) is 11.4 Å². The zero-order chi connectivity index (χ0) is 41.0. The minimum absolute atomic E-state index is 0.0108. The van der Waals surface area contributed by atoms with Crippen molar-refractivity contribution in [3.05, 3.63) is 66.2 Å². The number of ether oxygens (including phenoxy) is 2. The number of esters is 2. The Kier molecular flexibility index (Phi) is 16.3. The van der Waals surface area contributed by atoms with Crippen molar-refractivity contribution in [2.45, 2.75) is 182 Å². The lowest BCUT2D eigenvalue weighted by atomic mass is 9.47. The van der Waals surface area contributed by atoms with E-state index in [2.05, 4.69) is 50.9 Å². The van der Waals surface area contributed by atoms with E-state index in [1.165, 1.54) is 83.5 Å².